The Labute approximate surface area is 101 Å². The Kier molecular flexibility index (Phi) is 5.31. The molecule has 6 heteroatoms. The van der Waals surface area contributed by atoms with E-state index in [1.54, 1.807) is 12.1 Å². The third kappa shape index (κ3) is 4.34. The lowest BCUT2D eigenvalue weighted by atomic mass is 10.4. The number of aliphatic hydroxyl groups excluding tert-OH is 1. The summed E-state index contributed by atoms with van der Waals surface area (Å²) in [5.41, 5.74) is 0. The second-order valence-electron chi connectivity index (χ2n) is 2.84. The molecular formula is C9H11BrClNO3. The van der Waals surface area contributed by atoms with E-state index in [-0.39, 0.29) is 18.4 Å². The lowest BCUT2D eigenvalue weighted by Gasteiger charge is -2.11. The molecule has 1 N–H and O–H groups in total. The third-order valence-corrected chi connectivity index (χ3v) is 2.28. The maximum atomic E-state index is 9.33. The number of rotatable bonds is 5. The highest BCUT2D eigenvalue weighted by Crippen LogP contribution is 2.24. The molecule has 4 nitrogen and oxygen atoms in total. The zero-order valence-corrected chi connectivity index (χ0v) is 10.5. The molecule has 1 heterocycles. The van der Waals surface area contributed by atoms with Gasteiger partial charge in [0.05, 0.1) is 6.61 Å². The van der Waals surface area contributed by atoms with E-state index in [1.165, 1.54) is 7.11 Å². The van der Waals surface area contributed by atoms with Crippen LogP contribution in [0.3, 0.4) is 0 Å². The van der Waals surface area contributed by atoms with E-state index >= 15 is 0 Å². The number of aromatic nitrogens is 1. The number of pyridine rings is 1. The van der Waals surface area contributed by atoms with Gasteiger partial charge in [0.1, 0.15) is 17.3 Å². The fraction of sp³-hybridized carbons (Fsp3) is 0.444. The van der Waals surface area contributed by atoms with Crippen LogP contribution in [0.25, 0.3) is 0 Å². The predicted molar refractivity (Wildman–Crippen MR) is 60.3 cm³/mol. The lowest BCUT2D eigenvalue weighted by molar-refractivity contribution is 0.0325. The topological polar surface area (TPSA) is 51.6 Å². The van der Waals surface area contributed by atoms with Gasteiger partial charge in [-0.3, -0.25) is 0 Å². The van der Waals surface area contributed by atoms with Crippen molar-refractivity contribution in [3.8, 4) is 5.75 Å². The molecule has 0 fully saturated rings. The summed E-state index contributed by atoms with van der Waals surface area (Å²) in [7, 11) is 1.51. The van der Waals surface area contributed by atoms with Crippen molar-refractivity contribution < 1.29 is 14.6 Å². The van der Waals surface area contributed by atoms with Crippen LogP contribution < -0.4 is 4.74 Å². The molecule has 0 saturated heterocycles. The minimum absolute atomic E-state index is 0.122. The Balaban J connectivity index is 2.50. The number of nitrogens with zero attached hydrogens (tertiary/aromatic N) is 1. The maximum absolute atomic E-state index is 9.33. The highest BCUT2D eigenvalue weighted by atomic mass is 79.9. The first-order chi connectivity index (χ1) is 7.13. The van der Waals surface area contributed by atoms with Gasteiger partial charge in [0, 0.05) is 7.11 Å². The third-order valence-electron chi connectivity index (χ3n) is 1.57. The van der Waals surface area contributed by atoms with Crippen molar-refractivity contribution in [2.75, 3.05) is 20.3 Å². The number of aliphatic hydroxyl groups is 1. The number of ether oxygens (including phenoxy) is 2. The van der Waals surface area contributed by atoms with Crippen LogP contribution in [0.15, 0.2) is 16.7 Å². The summed E-state index contributed by atoms with van der Waals surface area (Å²) in [5.74, 6) is 0.440. The van der Waals surface area contributed by atoms with Crippen molar-refractivity contribution in [2.45, 2.75) is 6.10 Å². The highest BCUT2D eigenvalue weighted by molar-refractivity contribution is 9.10. The van der Waals surface area contributed by atoms with Gasteiger partial charge in [-0.15, -0.1) is 0 Å². The average Bonchev–Trinajstić information content (AvgIpc) is 2.17. The van der Waals surface area contributed by atoms with Gasteiger partial charge in [0.15, 0.2) is 10.9 Å². The normalized spacial score (nSPS) is 12.5. The summed E-state index contributed by atoms with van der Waals surface area (Å²) < 4.78 is 10.7. The Morgan fingerprint density at radius 2 is 2.27 bits per heavy atom. The number of halogens is 2. The number of hydrogen-bond donors (Lipinski definition) is 1. The van der Waals surface area contributed by atoms with E-state index in [1.807, 2.05) is 0 Å². The molecule has 1 aromatic heterocycles. The quantitative estimate of drug-likeness (QED) is 0.843. The fourth-order valence-corrected chi connectivity index (χ4v) is 1.55. The smallest absolute Gasteiger partial charge is 0.172 e. The van der Waals surface area contributed by atoms with Crippen LogP contribution in [0, 0.1) is 0 Å². The van der Waals surface area contributed by atoms with Crippen LogP contribution in [0.5, 0.6) is 5.75 Å². The summed E-state index contributed by atoms with van der Waals surface area (Å²) in [6.07, 6.45) is -0.672. The first-order valence-electron chi connectivity index (χ1n) is 4.25. The molecule has 0 aliphatic carbocycles. The highest BCUT2D eigenvalue weighted by Gasteiger charge is 2.07. The molecular weight excluding hydrogens is 285 g/mol. The molecule has 0 spiro atoms. The summed E-state index contributed by atoms with van der Waals surface area (Å²) in [6, 6.07) is 3.39. The first kappa shape index (κ1) is 12.7. The van der Waals surface area contributed by atoms with Crippen LogP contribution in [0.4, 0.5) is 0 Å². The van der Waals surface area contributed by atoms with Gasteiger partial charge < -0.3 is 14.6 Å². The van der Waals surface area contributed by atoms with Crippen LogP contribution in [0.1, 0.15) is 0 Å². The van der Waals surface area contributed by atoms with E-state index in [2.05, 4.69) is 20.9 Å². The second kappa shape index (κ2) is 6.27. The maximum Gasteiger partial charge on any atom is 0.172 e. The first-order valence-corrected chi connectivity index (χ1v) is 5.42. The van der Waals surface area contributed by atoms with Crippen molar-refractivity contribution in [3.05, 3.63) is 21.9 Å². The Morgan fingerprint density at radius 3 is 2.87 bits per heavy atom. The van der Waals surface area contributed by atoms with Gasteiger partial charge in [0.2, 0.25) is 0 Å². The van der Waals surface area contributed by atoms with Crippen LogP contribution in [-0.4, -0.2) is 36.5 Å². The Hall–Kier alpha value is -0.360. The molecule has 0 bridgehead atoms. The van der Waals surface area contributed by atoms with Gasteiger partial charge in [-0.2, -0.15) is 0 Å². The van der Waals surface area contributed by atoms with Crippen molar-refractivity contribution in [2.24, 2.45) is 0 Å². The number of methoxy groups -OCH3 is 1. The molecule has 0 aliphatic heterocycles. The minimum atomic E-state index is -0.672. The van der Waals surface area contributed by atoms with E-state index in [0.29, 0.717) is 10.4 Å². The minimum Gasteiger partial charge on any atom is -0.488 e. The van der Waals surface area contributed by atoms with Crippen LogP contribution in [0.2, 0.25) is 5.15 Å². The molecule has 1 rings (SSSR count). The molecule has 1 unspecified atom stereocenters. The molecule has 0 aliphatic rings. The van der Waals surface area contributed by atoms with Gasteiger partial charge in [0.25, 0.3) is 0 Å². The fourth-order valence-electron chi connectivity index (χ4n) is 0.933. The largest absolute Gasteiger partial charge is 0.488 e. The number of hydrogen-bond acceptors (Lipinski definition) is 4. The molecule has 1 aromatic rings. The van der Waals surface area contributed by atoms with E-state index in [0.717, 1.165) is 0 Å². The zero-order valence-electron chi connectivity index (χ0n) is 8.11. The Morgan fingerprint density at radius 1 is 1.53 bits per heavy atom. The monoisotopic (exact) mass is 295 g/mol. The zero-order chi connectivity index (χ0) is 11.3. The van der Waals surface area contributed by atoms with E-state index in [9.17, 15) is 5.11 Å². The summed E-state index contributed by atoms with van der Waals surface area (Å²) >= 11 is 8.99. The molecule has 0 amide bonds. The Bertz CT molecular complexity index is 324. The SMILES string of the molecule is COCC(O)COc1ccc(Br)nc1Cl. The van der Waals surface area contributed by atoms with Crippen molar-refractivity contribution in [1.82, 2.24) is 4.98 Å². The second-order valence-corrected chi connectivity index (χ2v) is 4.01. The average molecular weight is 297 g/mol. The molecule has 0 radical (unpaired) electrons. The van der Waals surface area contributed by atoms with Gasteiger partial charge in [-0.25, -0.2) is 4.98 Å². The van der Waals surface area contributed by atoms with Gasteiger partial charge in [-0.05, 0) is 28.1 Å². The molecule has 1 atom stereocenters. The standard InChI is InChI=1S/C9H11BrClNO3/c1-14-4-6(13)5-15-7-2-3-8(10)12-9(7)11/h2-3,6,13H,4-5H2,1H3. The van der Waals surface area contributed by atoms with Crippen molar-refractivity contribution >= 4 is 27.5 Å². The van der Waals surface area contributed by atoms with E-state index in [4.69, 9.17) is 21.1 Å². The molecule has 0 aromatic carbocycles. The lowest BCUT2D eigenvalue weighted by Crippen LogP contribution is -2.22. The summed E-state index contributed by atoms with van der Waals surface area (Å²) in [6.45, 7) is 0.346. The summed E-state index contributed by atoms with van der Waals surface area (Å²) in [5, 5.41) is 9.59. The van der Waals surface area contributed by atoms with Crippen LogP contribution in [-0.2, 0) is 4.74 Å². The van der Waals surface area contributed by atoms with Gasteiger partial charge in [-0.1, -0.05) is 11.6 Å². The summed E-state index contributed by atoms with van der Waals surface area (Å²) in [4.78, 5) is 3.94. The molecule has 15 heavy (non-hydrogen) atoms. The molecule has 0 saturated carbocycles. The molecule has 84 valence electrons. The van der Waals surface area contributed by atoms with Gasteiger partial charge >= 0.3 is 0 Å². The van der Waals surface area contributed by atoms with E-state index < -0.39 is 6.10 Å². The van der Waals surface area contributed by atoms with Crippen molar-refractivity contribution in [3.63, 3.8) is 0 Å². The van der Waals surface area contributed by atoms with Crippen LogP contribution >= 0.6 is 27.5 Å². The van der Waals surface area contributed by atoms with Crippen molar-refractivity contribution in [1.29, 1.82) is 0 Å². The predicted octanol–water partition coefficient (Wildman–Crippen LogP) is 1.88.